The summed E-state index contributed by atoms with van der Waals surface area (Å²) in [4.78, 5) is 24.5. The fraction of sp³-hybridized carbons (Fsp3) is 0.444. The Morgan fingerprint density at radius 3 is 2.42 bits per heavy atom. The molecule has 0 amide bonds. The molecule has 2 aromatic carbocycles. The summed E-state index contributed by atoms with van der Waals surface area (Å²) in [6.07, 6.45) is 5.44. The molecule has 0 radical (unpaired) electrons. The number of benzene rings is 1. The van der Waals surface area contributed by atoms with E-state index in [1.807, 2.05) is 14.1 Å². The maximum absolute atomic E-state index is 12.0. The fourth-order valence-corrected chi connectivity index (χ4v) is 4.12. The molecule has 3 N–H and O–H groups in total. The summed E-state index contributed by atoms with van der Waals surface area (Å²) < 4.78 is 1.80. The molecule has 6 nitrogen and oxygen atoms in total. The Morgan fingerprint density at radius 1 is 1.12 bits per heavy atom. The summed E-state index contributed by atoms with van der Waals surface area (Å²) in [7, 11) is 3.67. The van der Waals surface area contributed by atoms with Gasteiger partial charge in [-0.05, 0) is 51.0 Å². The van der Waals surface area contributed by atoms with E-state index >= 15 is 0 Å². The lowest BCUT2D eigenvalue weighted by Gasteiger charge is -2.26. The third-order valence-electron chi connectivity index (χ3n) is 4.48. The lowest BCUT2D eigenvalue weighted by Crippen LogP contribution is -2.39. The number of hydrogen-bond acceptors (Lipinski definition) is 7. The van der Waals surface area contributed by atoms with Crippen molar-refractivity contribution < 1.29 is 5.11 Å². The van der Waals surface area contributed by atoms with E-state index in [1.54, 1.807) is 16.4 Å². The molecule has 2 aromatic rings. The lowest BCUT2D eigenvalue weighted by atomic mass is 9.95. The van der Waals surface area contributed by atoms with Crippen molar-refractivity contribution in [3.05, 3.63) is 37.6 Å². The molecule has 26 heavy (non-hydrogen) atoms. The first kappa shape index (κ1) is 19.1. The molecule has 1 fully saturated rings. The normalized spacial score (nSPS) is 15.5. The average Bonchev–Trinajstić information content (AvgIpc) is 2.63. The fourth-order valence-electron chi connectivity index (χ4n) is 3.15. The Bertz CT molecular complexity index is 871. The SMILES string of the molecule is CN(C)Sc1c(Cl)ccc(Nc2c(NC3CCCCC3)c(=O)c2=O)c1O. The molecular weight excluding hydrogens is 374 g/mol. The van der Waals surface area contributed by atoms with Crippen LogP contribution in [0.3, 0.4) is 0 Å². The van der Waals surface area contributed by atoms with Crippen LogP contribution in [0.5, 0.6) is 5.75 Å². The minimum atomic E-state index is -0.570. The summed E-state index contributed by atoms with van der Waals surface area (Å²) in [5.74, 6) is -0.0483. The second-order valence-corrected chi connectivity index (χ2v) is 8.42. The van der Waals surface area contributed by atoms with Gasteiger partial charge < -0.3 is 15.7 Å². The van der Waals surface area contributed by atoms with Crippen LogP contribution in [0.15, 0.2) is 26.6 Å². The Morgan fingerprint density at radius 2 is 1.77 bits per heavy atom. The van der Waals surface area contributed by atoms with Gasteiger partial charge in [0, 0.05) is 6.04 Å². The Kier molecular flexibility index (Phi) is 5.79. The highest BCUT2D eigenvalue weighted by Gasteiger charge is 2.25. The van der Waals surface area contributed by atoms with E-state index in [0.717, 1.165) is 25.7 Å². The van der Waals surface area contributed by atoms with Crippen LogP contribution in [0.4, 0.5) is 17.1 Å². The molecule has 1 aliphatic rings. The Balaban J connectivity index is 1.85. The molecule has 0 aliphatic heterocycles. The van der Waals surface area contributed by atoms with Gasteiger partial charge in [0.1, 0.15) is 11.4 Å². The molecule has 0 unspecified atom stereocenters. The van der Waals surface area contributed by atoms with Crippen molar-refractivity contribution in [1.82, 2.24) is 4.31 Å². The van der Waals surface area contributed by atoms with Crippen LogP contribution in [0.1, 0.15) is 32.1 Å². The molecule has 1 aliphatic carbocycles. The third-order valence-corrected chi connectivity index (χ3v) is 5.87. The highest BCUT2D eigenvalue weighted by Crippen LogP contribution is 2.42. The van der Waals surface area contributed by atoms with Crippen molar-refractivity contribution >= 4 is 40.6 Å². The number of nitrogens with zero attached hydrogens (tertiary/aromatic N) is 1. The van der Waals surface area contributed by atoms with Crippen molar-refractivity contribution in [2.75, 3.05) is 24.7 Å². The van der Waals surface area contributed by atoms with Gasteiger partial charge in [-0.25, -0.2) is 0 Å². The smallest absolute Gasteiger partial charge is 0.253 e. The van der Waals surface area contributed by atoms with E-state index in [2.05, 4.69) is 10.6 Å². The van der Waals surface area contributed by atoms with E-state index in [1.165, 1.54) is 18.4 Å². The molecule has 0 aromatic heterocycles. The molecular formula is C18H22ClN3O3S. The summed E-state index contributed by atoms with van der Waals surface area (Å²) in [5.41, 5.74) is -0.205. The van der Waals surface area contributed by atoms with Crippen molar-refractivity contribution in [2.45, 2.75) is 43.0 Å². The second-order valence-electron chi connectivity index (χ2n) is 6.69. The van der Waals surface area contributed by atoms with Gasteiger partial charge >= 0.3 is 0 Å². The predicted molar refractivity (Wildman–Crippen MR) is 108 cm³/mol. The topological polar surface area (TPSA) is 81.7 Å². The van der Waals surface area contributed by atoms with Crippen molar-refractivity contribution in [3.63, 3.8) is 0 Å². The van der Waals surface area contributed by atoms with Gasteiger partial charge in [-0.1, -0.05) is 30.9 Å². The van der Waals surface area contributed by atoms with Crippen LogP contribution in [-0.2, 0) is 0 Å². The highest BCUT2D eigenvalue weighted by atomic mass is 35.5. The van der Waals surface area contributed by atoms with Gasteiger partial charge in [-0.15, -0.1) is 0 Å². The third kappa shape index (κ3) is 3.84. The monoisotopic (exact) mass is 395 g/mol. The molecule has 1 saturated carbocycles. The predicted octanol–water partition coefficient (Wildman–Crippen LogP) is 3.70. The van der Waals surface area contributed by atoms with Crippen molar-refractivity contribution in [2.24, 2.45) is 0 Å². The number of anilines is 3. The summed E-state index contributed by atoms with van der Waals surface area (Å²) in [6.45, 7) is 0. The Labute approximate surface area is 161 Å². The van der Waals surface area contributed by atoms with Crippen LogP contribution in [0, 0.1) is 0 Å². The van der Waals surface area contributed by atoms with Gasteiger partial charge in [-0.3, -0.25) is 13.9 Å². The number of nitrogens with one attached hydrogen (secondary N) is 2. The first-order valence-corrected chi connectivity index (χ1v) is 9.77. The maximum atomic E-state index is 12.0. The highest BCUT2D eigenvalue weighted by molar-refractivity contribution is 7.97. The number of rotatable bonds is 6. The molecule has 0 saturated heterocycles. The number of halogens is 1. The molecule has 0 bridgehead atoms. The van der Waals surface area contributed by atoms with Crippen LogP contribution in [0.25, 0.3) is 0 Å². The molecule has 0 spiro atoms. The molecule has 0 heterocycles. The summed E-state index contributed by atoms with van der Waals surface area (Å²) >= 11 is 7.44. The van der Waals surface area contributed by atoms with E-state index in [0.29, 0.717) is 21.3 Å². The molecule has 3 rings (SSSR count). The number of phenolic OH excluding ortho intramolecular Hbond substituents is 1. The van der Waals surface area contributed by atoms with Crippen LogP contribution in [-0.4, -0.2) is 29.5 Å². The number of hydrogen-bond donors (Lipinski definition) is 3. The number of aromatic hydroxyl groups is 1. The minimum Gasteiger partial charge on any atom is -0.505 e. The van der Waals surface area contributed by atoms with Crippen LogP contribution >= 0.6 is 23.5 Å². The molecule has 8 heteroatoms. The second kappa shape index (κ2) is 7.90. The zero-order valence-electron chi connectivity index (χ0n) is 14.8. The van der Waals surface area contributed by atoms with Gasteiger partial charge in [0.25, 0.3) is 10.9 Å². The van der Waals surface area contributed by atoms with Crippen molar-refractivity contribution in [3.8, 4) is 5.75 Å². The molecule has 140 valence electrons. The lowest BCUT2D eigenvalue weighted by molar-refractivity contribution is 0.462. The molecule has 0 atom stereocenters. The standard InChI is InChI=1S/C18H22ClN3O3S/c1-22(2)26-18-11(19)8-9-12(15(18)23)21-14-13(16(24)17(14)25)20-10-6-4-3-5-7-10/h8-10,20-21,23H,3-7H2,1-2H3. The van der Waals surface area contributed by atoms with E-state index in [-0.39, 0.29) is 17.5 Å². The number of phenols is 1. The quantitative estimate of drug-likeness (QED) is 0.391. The van der Waals surface area contributed by atoms with E-state index in [4.69, 9.17) is 11.6 Å². The van der Waals surface area contributed by atoms with Gasteiger partial charge in [0.2, 0.25) is 0 Å². The van der Waals surface area contributed by atoms with Gasteiger partial charge in [-0.2, -0.15) is 0 Å². The first-order valence-electron chi connectivity index (χ1n) is 8.62. The largest absolute Gasteiger partial charge is 0.505 e. The Hall–Kier alpha value is -1.70. The van der Waals surface area contributed by atoms with Gasteiger partial charge in [0.05, 0.1) is 15.6 Å². The van der Waals surface area contributed by atoms with Crippen LogP contribution in [0.2, 0.25) is 5.02 Å². The minimum absolute atomic E-state index is 0.0483. The first-order chi connectivity index (χ1) is 12.4. The van der Waals surface area contributed by atoms with E-state index < -0.39 is 10.9 Å². The summed E-state index contributed by atoms with van der Waals surface area (Å²) in [5, 5.41) is 17.1. The van der Waals surface area contributed by atoms with Gasteiger partial charge in [0.15, 0.2) is 5.75 Å². The maximum Gasteiger partial charge on any atom is 0.253 e. The van der Waals surface area contributed by atoms with Crippen LogP contribution < -0.4 is 21.5 Å². The zero-order valence-corrected chi connectivity index (χ0v) is 16.3. The average molecular weight is 396 g/mol. The zero-order chi connectivity index (χ0) is 18.8. The van der Waals surface area contributed by atoms with E-state index in [9.17, 15) is 14.7 Å². The summed E-state index contributed by atoms with van der Waals surface area (Å²) in [6, 6.07) is 3.46. The van der Waals surface area contributed by atoms with Crippen molar-refractivity contribution in [1.29, 1.82) is 0 Å².